The van der Waals surface area contributed by atoms with Crippen LogP contribution in [0.3, 0.4) is 0 Å². The van der Waals surface area contributed by atoms with Gasteiger partial charge in [-0.25, -0.2) is 0 Å². The maximum absolute atomic E-state index is 2.31. The summed E-state index contributed by atoms with van der Waals surface area (Å²) in [6, 6.07) is 17.7. The summed E-state index contributed by atoms with van der Waals surface area (Å²) in [5, 5.41) is 8.09. The van der Waals surface area contributed by atoms with E-state index in [-0.39, 0.29) is 0 Å². The summed E-state index contributed by atoms with van der Waals surface area (Å²) in [6.07, 6.45) is 5.67. The van der Waals surface area contributed by atoms with Gasteiger partial charge in [0.1, 0.15) is 0 Å². The maximum atomic E-state index is 2.31. The Morgan fingerprint density at radius 3 is 1.65 bits per heavy atom. The van der Waals surface area contributed by atoms with Crippen molar-refractivity contribution in [2.75, 3.05) is 0 Å². The van der Waals surface area contributed by atoms with Crippen LogP contribution in [-0.2, 0) is 0 Å². The number of hydrogen-bond donors (Lipinski definition) is 0. The van der Waals surface area contributed by atoms with Crippen molar-refractivity contribution >= 4 is 33.7 Å². The third kappa shape index (κ3) is 1.31. The summed E-state index contributed by atoms with van der Waals surface area (Å²) in [6.45, 7) is 0. The minimum Gasteiger partial charge on any atom is -0.0728 e. The lowest BCUT2D eigenvalue weighted by Crippen LogP contribution is -2.20. The Morgan fingerprint density at radius 1 is 0.588 bits per heavy atom. The molecule has 0 aromatic heterocycles. The summed E-state index contributed by atoms with van der Waals surface area (Å²) in [5.74, 6) is 0. The van der Waals surface area contributed by atoms with Crippen LogP contribution in [0.2, 0.25) is 0 Å². The van der Waals surface area contributed by atoms with Gasteiger partial charge >= 0.3 is 0 Å². The Morgan fingerprint density at radius 2 is 1.12 bits per heavy atom. The molecule has 0 nitrogen and oxygen atoms in total. The van der Waals surface area contributed by atoms with Crippen molar-refractivity contribution in [3.63, 3.8) is 0 Å². The molecule has 0 fully saturated rings. The Labute approximate surface area is 99.5 Å². The molecule has 0 heteroatoms. The fourth-order valence-electron chi connectivity index (χ4n) is 2.69. The number of rotatable bonds is 0. The van der Waals surface area contributed by atoms with Crippen LogP contribution in [0.25, 0.3) is 33.7 Å². The van der Waals surface area contributed by atoms with Crippen LogP contribution in [0.15, 0.2) is 48.5 Å². The van der Waals surface area contributed by atoms with Crippen molar-refractivity contribution in [2.45, 2.75) is 6.42 Å². The SMILES string of the molecule is C1=c2cc3cc4ccccc4cc3cc2=CC1. The third-order valence-electron chi connectivity index (χ3n) is 3.58. The lowest BCUT2D eigenvalue weighted by molar-refractivity contribution is 1.61. The number of fused-ring (bicyclic) bond motifs is 3. The second-order valence-corrected chi connectivity index (χ2v) is 4.67. The first-order valence-electron chi connectivity index (χ1n) is 6.03. The molecule has 0 atom stereocenters. The highest BCUT2D eigenvalue weighted by Gasteiger charge is 2.00. The quantitative estimate of drug-likeness (QED) is 0.507. The average Bonchev–Trinajstić information content (AvgIpc) is 2.80. The van der Waals surface area contributed by atoms with Gasteiger partial charge in [0, 0.05) is 0 Å². The molecule has 0 N–H and O–H groups in total. The van der Waals surface area contributed by atoms with Crippen molar-refractivity contribution in [3.8, 4) is 0 Å². The van der Waals surface area contributed by atoms with Crippen molar-refractivity contribution in [2.24, 2.45) is 0 Å². The fraction of sp³-hybridized carbons (Fsp3) is 0.0588. The predicted octanol–water partition coefficient (Wildman–Crippen LogP) is 2.96. The summed E-state index contributed by atoms with van der Waals surface area (Å²) in [4.78, 5) is 0. The lowest BCUT2D eigenvalue weighted by atomic mass is 10.0. The monoisotopic (exact) mass is 216 g/mol. The van der Waals surface area contributed by atoms with Crippen LogP contribution >= 0.6 is 0 Å². The molecule has 1 aliphatic rings. The topological polar surface area (TPSA) is 0 Å². The molecular formula is C17H12. The van der Waals surface area contributed by atoms with Gasteiger partial charge in [0.2, 0.25) is 0 Å². The molecule has 0 saturated carbocycles. The van der Waals surface area contributed by atoms with Gasteiger partial charge in [0.25, 0.3) is 0 Å². The van der Waals surface area contributed by atoms with E-state index in [4.69, 9.17) is 0 Å². The van der Waals surface area contributed by atoms with Crippen LogP contribution in [0.1, 0.15) is 6.42 Å². The van der Waals surface area contributed by atoms with Crippen LogP contribution in [-0.4, -0.2) is 0 Å². The first-order valence-corrected chi connectivity index (χ1v) is 6.03. The lowest BCUT2D eigenvalue weighted by Gasteiger charge is -2.02. The van der Waals surface area contributed by atoms with Gasteiger partial charge in [-0.1, -0.05) is 36.4 Å². The van der Waals surface area contributed by atoms with Crippen LogP contribution in [0.4, 0.5) is 0 Å². The first kappa shape index (κ1) is 9.00. The molecule has 3 aromatic carbocycles. The minimum absolute atomic E-state index is 1.07. The number of benzene rings is 3. The predicted molar refractivity (Wildman–Crippen MR) is 74.3 cm³/mol. The first-order chi connectivity index (χ1) is 8.40. The van der Waals surface area contributed by atoms with E-state index in [0.29, 0.717) is 0 Å². The van der Waals surface area contributed by atoms with Gasteiger partial charge in [-0.05, 0) is 62.7 Å². The molecule has 0 radical (unpaired) electrons. The molecule has 0 bridgehead atoms. The van der Waals surface area contributed by atoms with E-state index >= 15 is 0 Å². The molecule has 80 valence electrons. The van der Waals surface area contributed by atoms with E-state index in [1.54, 1.807) is 0 Å². The molecule has 4 rings (SSSR count). The van der Waals surface area contributed by atoms with E-state index in [1.807, 2.05) is 0 Å². The summed E-state index contributed by atoms with van der Waals surface area (Å²) < 4.78 is 0. The summed E-state index contributed by atoms with van der Waals surface area (Å²) in [7, 11) is 0. The molecule has 0 spiro atoms. The van der Waals surface area contributed by atoms with E-state index in [0.717, 1.165) is 6.42 Å². The van der Waals surface area contributed by atoms with E-state index in [1.165, 1.54) is 32.0 Å². The van der Waals surface area contributed by atoms with Gasteiger partial charge in [-0.2, -0.15) is 0 Å². The highest BCUT2D eigenvalue weighted by molar-refractivity contribution is 5.98. The molecule has 0 saturated heterocycles. The summed E-state index contributed by atoms with van der Waals surface area (Å²) >= 11 is 0. The fourth-order valence-corrected chi connectivity index (χ4v) is 2.69. The molecule has 17 heavy (non-hydrogen) atoms. The maximum Gasteiger partial charge on any atom is -0.0151 e. The molecule has 1 aliphatic carbocycles. The Kier molecular flexibility index (Phi) is 1.70. The number of hydrogen-bond acceptors (Lipinski definition) is 0. The van der Waals surface area contributed by atoms with Crippen molar-refractivity contribution in [1.29, 1.82) is 0 Å². The third-order valence-corrected chi connectivity index (χ3v) is 3.58. The highest BCUT2D eigenvalue weighted by atomic mass is 14.0. The van der Waals surface area contributed by atoms with E-state index < -0.39 is 0 Å². The molecular weight excluding hydrogens is 204 g/mol. The Bertz CT molecular complexity index is 782. The molecule has 0 heterocycles. The highest BCUT2D eigenvalue weighted by Crippen LogP contribution is 2.20. The minimum atomic E-state index is 1.07. The standard InChI is InChI=1S/C17H12/c1-2-5-13-9-17-11-15-7-3-6-14(15)10-16(17)8-12(13)4-1/h1-2,4-11H,3H2. The van der Waals surface area contributed by atoms with Crippen LogP contribution in [0.5, 0.6) is 0 Å². The second kappa shape index (κ2) is 3.21. The summed E-state index contributed by atoms with van der Waals surface area (Å²) in [5.41, 5.74) is 0. The van der Waals surface area contributed by atoms with Gasteiger partial charge in [-0.3, -0.25) is 0 Å². The molecule has 3 aromatic rings. The van der Waals surface area contributed by atoms with Gasteiger partial charge in [-0.15, -0.1) is 0 Å². The van der Waals surface area contributed by atoms with Gasteiger partial charge in [0.15, 0.2) is 0 Å². The molecule has 0 aliphatic heterocycles. The zero-order valence-electron chi connectivity index (χ0n) is 9.48. The van der Waals surface area contributed by atoms with E-state index in [9.17, 15) is 0 Å². The average molecular weight is 216 g/mol. The Hall–Kier alpha value is -2.08. The zero-order valence-corrected chi connectivity index (χ0v) is 9.48. The van der Waals surface area contributed by atoms with Crippen molar-refractivity contribution in [3.05, 3.63) is 59.0 Å². The molecule has 0 unspecified atom stereocenters. The van der Waals surface area contributed by atoms with Crippen molar-refractivity contribution < 1.29 is 0 Å². The van der Waals surface area contributed by atoms with Gasteiger partial charge in [0.05, 0.1) is 0 Å². The second-order valence-electron chi connectivity index (χ2n) is 4.67. The largest absolute Gasteiger partial charge is 0.0728 e. The normalized spacial score (nSPS) is 13.4. The smallest absolute Gasteiger partial charge is 0.0151 e. The van der Waals surface area contributed by atoms with Crippen LogP contribution < -0.4 is 10.4 Å². The zero-order chi connectivity index (χ0) is 11.2. The Balaban J connectivity index is 2.24. The van der Waals surface area contributed by atoms with Gasteiger partial charge < -0.3 is 0 Å². The van der Waals surface area contributed by atoms with E-state index in [2.05, 4.69) is 60.7 Å². The van der Waals surface area contributed by atoms with Crippen LogP contribution in [0, 0.1) is 0 Å². The molecule has 0 amide bonds. The van der Waals surface area contributed by atoms with Crippen molar-refractivity contribution in [1.82, 2.24) is 0 Å².